The summed E-state index contributed by atoms with van der Waals surface area (Å²) in [6.07, 6.45) is 0. The van der Waals surface area contributed by atoms with E-state index in [1.54, 1.807) is 0 Å². The molecule has 0 saturated heterocycles. The maximum atomic E-state index is 2.97. The summed E-state index contributed by atoms with van der Waals surface area (Å²) in [6, 6.07) is 2.78. The van der Waals surface area contributed by atoms with E-state index < -0.39 is 0 Å². The van der Waals surface area contributed by atoms with Crippen LogP contribution in [0.3, 0.4) is 0 Å². The zero-order valence-corrected chi connectivity index (χ0v) is 5.78. The van der Waals surface area contributed by atoms with Crippen LogP contribution in [0.2, 0.25) is 0 Å². The van der Waals surface area contributed by atoms with Gasteiger partial charge in [-0.2, -0.15) is 0 Å². The average Bonchev–Trinajstić information content (AvgIpc) is 1.66. The van der Waals surface area contributed by atoms with Crippen LogP contribution in [0.25, 0.3) is 0 Å². The van der Waals surface area contributed by atoms with Gasteiger partial charge >= 0.3 is 0 Å². The van der Waals surface area contributed by atoms with Gasteiger partial charge < -0.3 is 5.32 Å². The maximum absolute atomic E-state index is 2.97. The van der Waals surface area contributed by atoms with Crippen molar-refractivity contribution in [1.82, 2.24) is 5.32 Å². The lowest BCUT2D eigenvalue weighted by Gasteiger charge is -1.99. The third kappa shape index (κ3) is 5.36. The monoisotopic (exact) mass is 111 g/mol. The molecule has 0 rings (SSSR count). The van der Waals surface area contributed by atoms with E-state index in [-0.39, 0.29) is 0 Å². The summed E-state index contributed by atoms with van der Waals surface area (Å²) in [6.45, 7) is 7.13. The van der Waals surface area contributed by atoms with Crippen molar-refractivity contribution in [3.05, 3.63) is 0 Å². The molecule has 0 aromatic rings. The van der Waals surface area contributed by atoms with Gasteiger partial charge in [0.2, 0.25) is 0 Å². The Kier molecular flexibility index (Phi) is 4.16. The second kappa shape index (κ2) is 4.52. The van der Waals surface area contributed by atoms with E-state index in [2.05, 4.69) is 31.1 Å². The van der Waals surface area contributed by atoms with E-state index in [0.29, 0.717) is 5.92 Å². The van der Waals surface area contributed by atoms with E-state index in [9.17, 15) is 0 Å². The van der Waals surface area contributed by atoms with Crippen LogP contribution in [0.4, 0.5) is 0 Å². The van der Waals surface area contributed by atoms with Crippen molar-refractivity contribution in [2.24, 2.45) is 5.92 Å². The fourth-order valence-electron chi connectivity index (χ4n) is 0.344. The van der Waals surface area contributed by atoms with Crippen LogP contribution in [0, 0.1) is 17.9 Å². The Labute approximate surface area is 51.5 Å². The van der Waals surface area contributed by atoms with Crippen molar-refractivity contribution in [1.29, 1.82) is 0 Å². The molecule has 0 unspecified atom stereocenters. The van der Waals surface area contributed by atoms with Crippen LogP contribution >= 0.6 is 0 Å². The SMILES string of the molecule is CC#CNCC(C)C. The summed E-state index contributed by atoms with van der Waals surface area (Å²) in [7, 11) is 0. The van der Waals surface area contributed by atoms with Crippen LogP contribution in [0.5, 0.6) is 0 Å². The normalized spacial score (nSPS) is 8.00. The van der Waals surface area contributed by atoms with Crippen molar-refractivity contribution < 1.29 is 0 Å². The van der Waals surface area contributed by atoms with Gasteiger partial charge in [0, 0.05) is 12.6 Å². The van der Waals surface area contributed by atoms with Gasteiger partial charge in [-0.15, -0.1) is 0 Å². The molecular formula is C7H13N. The molecule has 0 aliphatic heterocycles. The van der Waals surface area contributed by atoms with E-state index >= 15 is 0 Å². The molecule has 0 saturated carbocycles. The van der Waals surface area contributed by atoms with E-state index in [1.165, 1.54) is 0 Å². The highest BCUT2D eigenvalue weighted by molar-refractivity contribution is 4.91. The highest BCUT2D eigenvalue weighted by Crippen LogP contribution is 1.84. The predicted molar refractivity (Wildman–Crippen MR) is 36.3 cm³/mol. The molecule has 0 amide bonds. The lowest BCUT2D eigenvalue weighted by molar-refractivity contribution is 0.619. The molecule has 0 radical (unpaired) electrons. The topological polar surface area (TPSA) is 12.0 Å². The van der Waals surface area contributed by atoms with E-state index in [4.69, 9.17) is 0 Å². The molecule has 1 N–H and O–H groups in total. The van der Waals surface area contributed by atoms with Gasteiger partial charge in [0.15, 0.2) is 0 Å². The van der Waals surface area contributed by atoms with Crippen LogP contribution in [0.1, 0.15) is 20.8 Å². The van der Waals surface area contributed by atoms with Crippen molar-refractivity contribution in [2.75, 3.05) is 6.54 Å². The van der Waals surface area contributed by atoms with E-state index in [0.717, 1.165) is 6.54 Å². The molecule has 0 fully saturated rings. The molecule has 1 nitrogen and oxygen atoms in total. The van der Waals surface area contributed by atoms with Gasteiger partial charge in [0.1, 0.15) is 0 Å². The molecule has 0 aliphatic rings. The van der Waals surface area contributed by atoms with Gasteiger partial charge in [0.05, 0.1) is 0 Å². The summed E-state index contributed by atoms with van der Waals surface area (Å²) in [5.74, 6) is 3.45. The molecular weight excluding hydrogens is 98.1 g/mol. The largest absolute Gasteiger partial charge is 0.346 e. The van der Waals surface area contributed by atoms with Crippen molar-refractivity contribution in [3.63, 3.8) is 0 Å². The minimum Gasteiger partial charge on any atom is -0.346 e. The van der Waals surface area contributed by atoms with Crippen LogP contribution < -0.4 is 5.32 Å². The smallest absolute Gasteiger partial charge is 0.0252 e. The quantitative estimate of drug-likeness (QED) is 0.417. The van der Waals surface area contributed by atoms with Crippen LogP contribution in [0.15, 0.2) is 0 Å². The molecule has 1 heteroatoms. The lowest BCUT2D eigenvalue weighted by atomic mass is 10.2. The first-order chi connectivity index (χ1) is 3.77. The minimum atomic E-state index is 0.691. The Balaban J connectivity index is 3.01. The number of nitrogens with one attached hydrogen (secondary N) is 1. The number of rotatable bonds is 2. The van der Waals surface area contributed by atoms with Crippen molar-refractivity contribution in [3.8, 4) is 12.0 Å². The van der Waals surface area contributed by atoms with Gasteiger partial charge in [-0.25, -0.2) is 0 Å². The van der Waals surface area contributed by atoms with Gasteiger partial charge in [-0.3, -0.25) is 0 Å². The molecule has 0 atom stereocenters. The second-order valence-electron chi connectivity index (χ2n) is 2.15. The molecule has 0 spiro atoms. The molecule has 46 valence electrons. The molecule has 0 aromatic heterocycles. The first-order valence-corrected chi connectivity index (χ1v) is 2.92. The Morgan fingerprint density at radius 1 is 1.50 bits per heavy atom. The Hall–Kier alpha value is -0.640. The molecule has 0 aromatic carbocycles. The van der Waals surface area contributed by atoms with Gasteiger partial charge in [0.25, 0.3) is 0 Å². The fourth-order valence-corrected chi connectivity index (χ4v) is 0.344. The zero-order valence-electron chi connectivity index (χ0n) is 5.78. The molecule has 0 aliphatic carbocycles. The maximum Gasteiger partial charge on any atom is 0.0252 e. The van der Waals surface area contributed by atoms with Crippen LogP contribution in [-0.4, -0.2) is 6.54 Å². The predicted octanol–water partition coefficient (Wildman–Crippen LogP) is 1.21. The average molecular weight is 111 g/mol. The van der Waals surface area contributed by atoms with Gasteiger partial charge in [-0.05, 0) is 12.8 Å². The lowest BCUT2D eigenvalue weighted by Crippen LogP contribution is -2.12. The van der Waals surface area contributed by atoms with Gasteiger partial charge in [-0.1, -0.05) is 19.8 Å². The van der Waals surface area contributed by atoms with Crippen molar-refractivity contribution in [2.45, 2.75) is 20.8 Å². The fraction of sp³-hybridized carbons (Fsp3) is 0.714. The first-order valence-electron chi connectivity index (χ1n) is 2.92. The number of hydrogen-bond acceptors (Lipinski definition) is 1. The first kappa shape index (κ1) is 7.36. The third-order valence-electron chi connectivity index (χ3n) is 0.724. The second-order valence-corrected chi connectivity index (χ2v) is 2.15. The molecule has 8 heavy (non-hydrogen) atoms. The summed E-state index contributed by atoms with van der Waals surface area (Å²) in [4.78, 5) is 0. The summed E-state index contributed by atoms with van der Waals surface area (Å²) < 4.78 is 0. The van der Waals surface area contributed by atoms with Crippen LogP contribution in [-0.2, 0) is 0 Å². The summed E-state index contributed by atoms with van der Waals surface area (Å²) in [5, 5.41) is 2.97. The Morgan fingerprint density at radius 3 is 2.50 bits per heavy atom. The highest BCUT2D eigenvalue weighted by Gasteiger charge is 1.86. The van der Waals surface area contributed by atoms with E-state index in [1.807, 2.05) is 6.92 Å². The van der Waals surface area contributed by atoms with Crippen molar-refractivity contribution >= 4 is 0 Å². The Bertz CT molecular complexity index is 94.7. The Morgan fingerprint density at radius 2 is 2.12 bits per heavy atom. The summed E-state index contributed by atoms with van der Waals surface area (Å²) >= 11 is 0. The standard InChI is InChI=1S/C7H13N/c1-4-5-8-6-7(2)3/h7-8H,6H2,1-3H3. The third-order valence-corrected chi connectivity index (χ3v) is 0.724. The molecule has 0 heterocycles. The number of hydrogen-bond donors (Lipinski definition) is 1. The molecule has 0 bridgehead atoms. The highest BCUT2D eigenvalue weighted by atomic mass is 14.8. The minimum absolute atomic E-state index is 0.691. The zero-order chi connectivity index (χ0) is 6.41. The summed E-state index contributed by atoms with van der Waals surface area (Å²) in [5.41, 5.74) is 0.